The molecule has 3 rings (SSSR count). The third-order valence-electron chi connectivity index (χ3n) is 4.84. The Balaban J connectivity index is 1.46. The van der Waals surface area contributed by atoms with Crippen LogP contribution in [0.1, 0.15) is 42.6 Å². The van der Waals surface area contributed by atoms with E-state index in [1.54, 1.807) is 48.6 Å². The third-order valence-corrected chi connectivity index (χ3v) is 4.84. The smallest absolute Gasteiger partial charge is 0.193 e. The first-order chi connectivity index (χ1) is 14.7. The summed E-state index contributed by atoms with van der Waals surface area (Å²) in [4.78, 5) is 24.5. The number of hydrogen-bond acceptors (Lipinski definition) is 6. The zero-order valence-electron chi connectivity index (χ0n) is 17.6. The molecule has 0 amide bonds. The highest BCUT2D eigenvalue weighted by Gasteiger charge is 2.27. The van der Waals surface area contributed by atoms with E-state index in [0.717, 1.165) is 5.76 Å². The van der Waals surface area contributed by atoms with E-state index in [-0.39, 0.29) is 17.3 Å². The lowest BCUT2D eigenvalue weighted by Gasteiger charge is -2.20. The van der Waals surface area contributed by atoms with E-state index in [1.807, 2.05) is 0 Å². The van der Waals surface area contributed by atoms with Crippen molar-refractivity contribution in [1.29, 1.82) is 0 Å². The lowest BCUT2D eigenvalue weighted by molar-refractivity contribution is -0.130. The zero-order chi connectivity index (χ0) is 22.4. The molecule has 0 radical (unpaired) electrons. The van der Waals surface area contributed by atoms with Crippen LogP contribution in [0.2, 0.25) is 0 Å². The highest BCUT2D eigenvalue weighted by Crippen LogP contribution is 2.23. The first-order valence-corrected chi connectivity index (χ1v) is 10.1. The molecule has 0 bridgehead atoms. The maximum absolute atomic E-state index is 12.4. The van der Waals surface area contributed by atoms with Crippen molar-refractivity contribution in [1.82, 2.24) is 0 Å². The number of phenolic OH excluding ortho intramolecular Hbond substituents is 1. The fourth-order valence-corrected chi connectivity index (χ4v) is 3.13. The van der Waals surface area contributed by atoms with Gasteiger partial charge in [0.2, 0.25) is 0 Å². The summed E-state index contributed by atoms with van der Waals surface area (Å²) in [5, 5.41) is 19.1. The number of hydrogen-bond donors (Lipinski definition) is 2. The van der Waals surface area contributed by atoms with Crippen molar-refractivity contribution < 1.29 is 29.3 Å². The molecule has 6 nitrogen and oxygen atoms in total. The second-order valence-corrected chi connectivity index (χ2v) is 7.81. The van der Waals surface area contributed by atoms with Crippen molar-refractivity contribution in [2.75, 3.05) is 13.2 Å². The Morgan fingerprint density at radius 1 is 0.871 bits per heavy atom. The fraction of sp³-hybridized carbons (Fsp3) is 0.280. The molecular weight excluding hydrogens is 396 g/mol. The molecule has 0 saturated heterocycles. The molecule has 162 valence electrons. The van der Waals surface area contributed by atoms with Crippen molar-refractivity contribution in [2.24, 2.45) is 0 Å². The number of rotatable bonds is 9. The van der Waals surface area contributed by atoms with Gasteiger partial charge in [0, 0.05) is 17.5 Å². The molecule has 2 aromatic rings. The highest BCUT2D eigenvalue weighted by molar-refractivity contribution is 6.09. The van der Waals surface area contributed by atoms with Gasteiger partial charge in [-0.25, -0.2) is 0 Å². The number of phenols is 1. The largest absolute Gasteiger partial charge is 0.508 e. The van der Waals surface area contributed by atoms with Crippen molar-refractivity contribution >= 4 is 11.6 Å². The normalized spacial score (nSPS) is 13.8. The van der Waals surface area contributed by atoms with Gasteiger partial charge in [-0.2, -0.15) is 0 Å². The predicted molar refractivity (Wildman–Crippen MR) is 116 cm³/mol. The van der Waals surface area contributed by atoms with E-state index in [1.165, 1.54) is 26.0 Å². The molecule has 0 saturated carbocycles. The summed E-state index contributed by atoms with van der Waals surface area (Å²) in [5.41, 5.74) is 0.265. The molecule has 2 N–H and O–H groups in total. The Bertz CT molecular complexity index is 992. The second-order valence-electron chi connectivity index (χ2n) is 7.81. The number of Topliss-reactive ketones (excluding diaryl/α,β-unsaturated/α-hetero) is 1. The lowest BCUT2D eigenvalue weighted by atomic mass is 9.91. The van der Waals surface area contributed by atoms with E-state index < -0.39 is 5.60 Å². The Labute approximate surface area is 181 Å². The number of aromatic hydroxyl groups is 1. The zero-order valence-corrected chi connectivity index (χ0v) is 17.6. The number of benzene rings is 2. The Kier molecular flexibility index (Phi) is 6.92. The average Bonchev–Trinajstić information content (AvgIpc) is 2.76. The Morgan fingerprint density at radius 3 is 2.00 bits per heavy atom. The molecule has 31 heavy (non-hydrogen) atoms. The number of aliphatic hydroxyl groups is 1. The van der Waals surface area contributed by atoms with Crippen LogP contribution in [0, 0.1) is 0 Å². The first-order valence-electron chi connectivity index (χ1n) is 10.1. The number of carbonyl (C=O) groups is 2. The minimum Gasteiger partial charge on any atom is -0.508 e. The van der Waals surface area contributed by atoms with Gasteiger partial charge in [-0.15, -0.1) is 0 Å². The third kappa shape index (κ3) is 6.06. The number of ketones is 2. The van der Waals surface area contributed by atoms with Crippen LogP contribution in [0.4, 0.5) is 0 Å². The minimum atomic E-state index is -1.36. The average molecular weight is 422 g/mol. The van der Waals surface area contributed by atoms with E-state index in [0.29, 0.717) is 48.5 Å². The van der Waals surface area contributed by atoms with Gasteiger partial charge in [0.15, 0.2) is 11.6 Å². The molecule has 6 heteroatoms. The van der Waals surface area contributed by atoms with Gasteiger partial charge in [-0.1, -0.05) is 6.08 Å². The van der Waals surface area contributed by atoms with E-state index >= 15 is 0 Å². The quantitative estimate of drug-likeness (QED) is 0.469. The maximum atomic E-state index is 12.4. The summed E-state index contributed by atoms with van der Waals surface area (Å²) in [6.07, 6.45) is 4.59. The van der Waals surface area contributed by atoms with Gasteiger partial charge in [-0.3, -0.25) is 9.59 Å². The van der Waals surface area contributed by atoms with Crippen molar-refractivity contribution in [2.45, 2.75) is 32.3 Å². The summed E-state index contributed by atoms with van der Waals surface area (Å²) in [6.45, 7) is 3.66. The molecule has 0 fully saturated rings. The monoisotopic (exact) mass is 422 g/mol. The van der Waals surface area contributed by atoms with Crippen molar-refractivity contribution in [3.05, 3.63) is 83.1 Å². The molecule has 1 aliphatic carbocycles. The van der Waals surface area contributed by atoms with Gasteiger partial charge in [0.05, 0.1) is 5.76 Å². The van der Waals surface area contributed by atoms with Crippen molar-refractivity contribution in [3.8, 4) is 11.5 Å². The van der Waals surface area contributed by atoms with E-state index in [4.69, 9.17) is 9.47 Å². The van der Waals surface area contributed by atoms with Crippen LogP contribution < -0.4 is 4.74 Å². The lowest BCUT2D eigenvalue weighted by Crippen LogP contribution is -2.32. The van der Waals surface area contributed by atoms with Crippen LogP contribution in [0.5, 0.6) is 11.5 Å². The predicted octanol–water partition coefficient (Wildman–Crippen LogP) is 3.96. The van der Waals surface area contributed by atoms with Gasteiger partial charge in [-0.05, 0) is 80.4 Å². The molecule has 0 aliphatic heterocycles. The topological polar surface area (TPSA) is 93.1 Å². The molecule has 0 aromatic heterocycles. The number of allylic oxidation sites excluding steroid dienone is 3. The first kappa shape index (κ1) is 22.3. The van der Waals surface area contributed by atoms with Gasteiger partial charge >= 0.3 is 0 Å². The number of carbonyl (C=O) groups excluding carboxylic acids is 2. The van der Waals surface area contributed by atoms with E-state index in [9.17, 15) is 19.8 Å². The SMILES string of the molecule is CC(C)(O)C(=O)C1=CC=C(OCCOc2ccc(C(=O)c3ccc(O)cc3)cc2)CC1. The van der Waals surface area contributed by atoms with Crippen LogP contribution in [0.3, 0.4) is 0 Å². The summed E-state index contributed by atoms with van der Waals surface area (Å²) < 4.78 is 11.3. The van der Waals surface area contributed by atoms with E-state index in [2.05, 4.69) is 0 Å². The maximum Gasteiger partial charge on any atom is 0.193 e. The summed E-state index contributed by atoms with van der Waals surface area (Å²) in [6, 6.07) is 13.0. The molecule has 1 aliphatic rings. The highest BCUT2D eigenvalue weighted by atomic mass is 16.5. The second kappa shape index (κ2) is 9.62. The van der Waals surface area contributed by atoms with Gasteiger partial charge in [0.1, 0.15) is 30.3 Å². The van der Waals surface area contributed by atoms with Gasteiger partial charge in [0.25, 0.3) is 0 Å². The van der Waals surface area contributed by atoms with Crippen LogP contribution in [-0.4, -0.2) is 40.6 Å². The van der Waals surface area contributed by atoms with Crippen LogP contribution in [0.15, 0.2) is 72.0 Å². The Morgan fingerprint density at radius 2 is 1.45 bits per heavy atom. The van der Waals surface area contributed by atoms with Crippen LogP contribution in [0.25, 0.3) is 0 Å². The fourth-order valence-electron chi connectivity index (χ4n) is 3.13. The molecular formula is C25H26O6. The molecule has 2 aromatic carbocycles. The summed E-state index contributed by atoms with van der Waals surface area (Å²) in [7, 11) is 0. The van der Waals surface area contributed by atoms with Crippen molar-refractivity contribution in [3.63, 3.8) is 0 Å². The molecule has 0 heterocycles. The number of ether oxygens (including phenoxy) is 2. The molecule has 0 atom stereocenters. The summed E-state index contributed by atoms with van der Waals surface area (Å²) >= 11 is 0. The van der Waals surface area contributed by atoms with Crippen LogP contribution >= 0.6 is 0 Å². The molecule has 0 unspecified atom stereocenters. The minimum absolute atomic E-state index is 0.116. The van der Waals surface area contributed by atoms with Crippen LogP contribution in [-0.2, 0) is 9.53 Å². The molecule has 0 spiro atoms. The Hall–Kier alpha value is -3.38. The standard InChI is InChI=1S/C25H26O6/c1-25(2,29)24(28)19-7-13-22(14-8-19)31-16-15-30-21-11-5-18(6-12-21)23(27)17-3-9-20(26)10-4-17/h3-7,9-13,26,29H,8,14-16H2,1-2H3. The van der Waals surface area contributed by atoms with Gasteiger partial charge < -0.3 is 19.7 Å². The summed E-state index contributed by atoms with van der Waals surface area (Å²) in [5.74, 6) is 1.12.